The number of hydrogen-bond donors (Lipinski definition) is 0. The molecule has 0 spiro atoms. The maximum atomic E-state index is 4.57. The first-order valence-corrected chi connectivity index (χ1v) is 9.92. The van der Waals surface area contributed by atoms with Crippen molar-refractivity contribution in [3.8, 4) is 0 Å². The molecule has 24 heavy (non-hydrogen) atoms. The van der Waals surface area contributed by atoms with E-state index in [4.69, 9.17) is 0 Å². The van der Waals surface area contributed by atoms with Gasteiger partial charge in [0.15, 0.2) is 0 Å². The molecule has 0 heterocycles. The third-order valence-corrected chi connectivity index (χ3v) is 6.01. The second kappa shape index (κ2) is 10.3. The van der Waals surface area contributed by atoms with Crippen LogP contribution in [0.25, 0.3) is 0 Å². The van der Waals surface area contributed by atoms with Crippen molar-refractivity contribution in [3.05, 3.63) is 37.0 Å². The van der Waals surface area contributed by atoms with Crippen LogP contribution in [0.2, 0.25) is 0 Å². The van der Waals surface area contributed by atoms with Gasteiger partial charge in [-0.1, -0.05) is 71.8 Å². The standard InChI is InChI=1S/C24H44/c1-11-13-16-23(8,9)18-24(10,21(6)12-2)22(7)15-14-20(5)17-19(3)4/h11,20-21H,1,3,7,12-18H2,2,4-6,8-10H3. The average molecular weight is 333 g/mol. The predicted octanol–water partition coefficient (Wildman–Crippen LogP) is 8.36. The molecule has 0 aromatic heterocycles. The highest BCUT2D eigenvalue weighted by Gasteiger charge is 2.37. The molecular weight excluding hydrogens is 288 g/mol. The van der Waals surface area contributed by atoms with Crippen molar-refractivity contribution < 1.29 is 0 Å². The van der Waals surface area contributed by atoms with Crippen molar-refractivity contribution in [3.63, 3.8) is 0 Å². The SMILES string of the molecule is C=CCCC(C)(C)CC(C)(C(=C)CCC(C)CC(=C)C)C(C)CC. The van der Waals surface area contributed by atoms with E-state index in [2.05, 4.69) is 74.3 Å². The van der Waals surface area contributed by atoms with Crippen LogP contribution in [0, 0.1) is 22.7 Å². The molecule has 0 fully saturated rings. The molecule has 0 aliphatic heterocycles. The Kier molecular flexibility index (Phi) is 9.93. The van der Waals surface area contributed by atoms with E-state index in [1.165, 1.54) is 36.8 Å². The molecule has 0 bridgehead atoms. The van der Waals surface area contributed by atoms with E-state index in [0.717, 1.165) is 19.3 Å². The molecule has 0 aromatic carbocycles. The quantitative estimate of drug-likeness (QED) is 0.297. The lowest BCUT2D eigenvalue weighted by atomic mass is 9.61. The molecule has 0 heteroatoms. The normalized spacial score (nSPS) is 17.0. The zero-order valence-electron chi connectivity index (χ0n) is 17.8. The summed E-state index contributed by atoms with van der Waals surface area (Å²) in [6.07, 6.45) is 10.3. The summed E-state index contributed by atoms with van der Waals surface area (Å²) in [5.74, 6) is 1.37. The fourth-order valence-electron chi connectivity index (χ4n) is 4.08. The largest absolute Gasteiger partial charge is 0.103 e. The van der Waals surface area contributed by atoms with Gasteiger partial charge in [-0.3, -0.25) is 0 Å². The van der Waals surface area contributed by atoms with Gasteiger partial charge in [0.05, 0.1) is 0 Å². The van der Waals surface area contributed by atoms with Crippen LogP contribution in [-0.2, 0) is 0 Å². The lowest BCUT2D eigenvalue weighted by Crippen LogP contribution is -2.33. The third kappa shape index (κ3) is 7.86. The summed E-state index contributed by atoms with van der Waals surface area (Å²) in [5, 5.41) is 0. The lowest BCUT2D eigenvalue weighted by molar-refractivity contribution is 0.133. The fraction of sp³-hybridized carbons (Fsp3) is 0.750. The van der Waals surface area contributed by atoms with Crippen molar-refractivity contribution in [2.24, 2.45) is 22.7 Å². The smallest absolute Gasteiger partial charge is 0.00885 e. The van der Waals surface area contributed by atoms with E-state index in [1.54, 1.807) is 0 Å². The van der Waals surface area contributed by atoms with Crippen molar-refractivity contribution in [2.45, 2.75) is 93.4 Å². The molecule has 3 unspecified atom stereocenters. The van der Waals surface area contributed by atoms with Crippen molar-refractivity contribution in [1.29, 1.82) is 0 Å². The van der Waals surface area contributed by atoms with Crippen LogP contribution in [0.15, 0.2) is 37.0 Å². The number of allylic oxidation sites excluding steroid dienone is 3. The second-order valence-electron chi connectivity index (χ2n) is 9.30. The van der Waals surface area contributed by atoms with E-state index in [0.29, 0.717) is 17.3 Å². The number of hydrogen-bond acceptors (Lipinski definition) is 0. The van der Waals surface area contributed by atoms with Crippen LogP contribution in [-0.4, -0.2) is 0 Å². The Morgan fingerprint density at radius 1 is 1.12 bits per heavy atom. The van der Waals surface area contributed by atoms with E-state index in [-0.39, 0.29) is 5.41 Å². The number of rotatable bonds is 13. The third-order valence-electron chi connectivity index (χ3n) is 6.01. The molecule has 0 aromatic rings. The first kappa shape index (κ1) is 23.2. The van der Waals surface area contributed by atoms with Crippen LogP contribution < -0.4 is 0 Å². The predicted molar refractivity (Wildman–Crippen MR) is 112 cm³/mol. The highest BCUT2D eigenvalue weighted by molar-refractivity contribution is 5.12. The molecule has 0 aliphatic rings. The molecular formula is C24H44. The van der Waals surface area contributed by atoms with E-state index >= 15 is 0 Å². The fourth-order valence-corrected chi connectivity index (χ4v) is 4.08. The Labute approximate surface area is 153 Å². The van der Waals surface area contributed by atoms with Crippen LogP contribution in [0.5, 0.6) is 0 Å². The van der Waals surface area contributed by atoms with Gasteiger partial charge in [0.25, 0.3) is 0 Å². The zero-order valence-corrected chi connectivity index (χ0v) is 17.8. The van der Waals surface area contributed by atoms with Crippen LogP contribution >= 0.6 is 0 Å². The molecule has 0 saturated heterocycles. The Bertz CT molecular complexity index is 412. The van der Waals surface area contributed by atoms with Gasteiger partial charge in [0.2, 0.25) is 0 Å². The van der Waals surface area contributed by atoms with Gasteiger partial charge in [-0.25, -0.2) is 0 Å². The Morgan fingerprint density at radius 2 is 1.71 bits per heavy atom. The summed E-state index contributed by atoms with van der Waals surface area (Å²) in [5.41, 5.74) is 3.31. The minimum Gasteiger partial charge on any atom is -0.103 e. The van der Waals surface area contributed by atoms with E-state index in [1.807, 2.05) is 0 Å². The Morgan fingerprint density at radius 3 is 2.17 bits per heavy atom. The lowest BCUT2D eigenvalue weighted by Gasteiger charge is -2.43. The van der Waals surface area contributed by atoms with Gasteiger partial charge >= 0.3 is 0 Å². The minimum absolute atomic E-state index is 0.225. The van der Waals surface area contributed by atoms with Gasteiger partial charge in [0, 0.05) is 0 Å². The summed E-state index contributed by atoms with van der Waals surface area (Å²) in [4.78, 5) is 0. The average Bonchev–Trinajstić information content (AvgIpc) is 2.48. The first-order chi connectivity index (χ1) is 11.0. The van der Waals surface area contributed by atoms with Crippen molar-refractivity contribution >= 4 is 0 Å². The molecule has 0 aliphatic carbocycles. The van der Waals surface area contributed by atoms with E-state index in [9.17, 15) is 0 Å². The van der Waals surface area contributed by atoms with Crippen LogP contribution in [0.3, 0.4) is 0 Å². The van der Waals surface area contributed by atoms with Crippen LogP contribution in [0.1, 0.15) is 93.4 Å². The summed E-state index contributed by atoms with van der Waals surface area (Å²) < 4.78 is 0. The second-order valence-corrected chi connectivity index (χ2v) is 9.30. The van der Waals surface area contributed by atoms with Crippen LogP contribution in [0.4, 0.5) is 0 Å². The first-order valence-electron chi connectivity index (χ1n) is 9.92. The molecule has 0 radical (unpaired) electrons. The molecule has 0 rings (SSSR count). The Hall–Kier alpha value is -0.780. The molecule has 0 nitrogen and oxygen atoms in total. The topological polar surface area (TPSA) is 0 Å². The monoisotopic (exact) mass is 332 g/mol. The van der Waals surface area contributed by atoms with Crippen molar-refractivity contribution in [1.82, 2.24) is 0 Å². The maximum Gasteiger partial charge on any atom is -0.00885 e. The zero-order chi connectivity index (χ0) is 19.0. The van der Waals surface area contributed by atoms with E-state index < -0.39 is 0 Å². The summed E-state index contributed by atoms with van der Waals surface area (Å²) in [7, 11) is 0. The summed E-state index contributed by atoms with van der Waals surface area (Å²) in [6, 6.07) is 0. The van der Waals surface area contributed by atoms with Gasteiger partial charge in [0.1, 0.15) is 0 Å². The summed E-state index contributed by atoms with van der Waals surface area (Å²) in [6.45, 7) is 29.0. The van der Waals surface area contributed by atoms with Crippen molar-refractivity contribution in [2.75, 3.05) is 0 Å². The Balaban J connectivity index is 5.05. The van der Waals surface area contributed by atoms with Gasteiger partial charge in [-0.15, -0.1) is 13.2 Å². The highest BCUT2D eigenvalue weighted by atomic mass is 14.4. The molecule has 0 N–H and O–H groups in total. The van der Waals surface area contributed by atoms with Gasteiger partial charge in [-0.2, -0.15) is 0 Å². The maximum absolute atomic E-state index is 4.57. The summed E-state index contributed by atoms with van der Waals surface area (Å²) >= 11 is 0. The van der Waals surface area contributed by atoms with Gasteiger partial charge in [-0.05, 0) is 68.1 Å². The highest BCUT2D eigenvalue weighted by Crippen LogP contribution is 2.48. The molecule has 3 atom stereocenters. The molecule has 0 amide bonds. The molecule has 140 valence electrons. The molecule has 0 saturated carbocycles. The minimum atomic E-state index is 0.225. The van der Waals surface area contributed by atoms with Gasteiger partial charge < -0.3 is 0 Å².